The van der Waals surface area contributed by atoms with E-state index in [1.165, 1.54) is 6.07 Å². The summed E-state index contributed by atoms with van der Waals surface area (Å²) in [5.74, 6) is -25.1. The van der Waals surface area contributed by atoms with Crippen LogP contribution in [0.15, 0.2) is 119 Å². The van der Waals surface area contributed by atoms with Gasteiger partial charge in [-0.2, -0.15) is 0 Å². The van der Waals surface area contributed by atoms with Gasteiger partial charge < -0.3 is 102 Å². The number of nitrogens with zero attached hydrogens (tertiary/aromatic N) is 4. The Morgan fingerprint density at radius 3 is 1.23 bits per heavy atom. The number of allylic oxidation sites excluding steroid dienone is 1. The van der Waals surface area contributed by atoms with Gasteiger partial charge in [0.05, 0.1) is 46.0 Å². The molecule has 0 saturated heterocycles. The first-order chi connectivity index (χ1) is 38.5. The first-order valence-corrected chi connectivity index (χ1v) is 23.3. The predicted molar refractivity (Wildman–Crippen MR) is 289 cm³/mol. The minimum absolute atomic E-state index is 0.126. The van der Waals surface area contributed by atoms with E-state index in [0.717, 1.165) is 12.1 Å². The van der Waals surface area contributed by atoms with Crippen molar-refractivity contribution in [2.45, 2.75) is 6.54 Å². The molecule has 0 fully saturated rings. The molecule has 0 radical (unpaired) electrons. The molecule has 410 valence electrons. The number of hydrogen-bond acceptors (Lipinski definition) is 24. The minimum atomic E-state index is -1.31. The number of rotatable bonds is 12. The van der Waals surface area contributed by atoms with Crippen molar-refractivity contribution >= 4 is 18.1 Å². The van der Waals surface area contributed by atoms with E-state index >= 15 is 0 Å². The highest BCUT2D eigenvalue weighted by atomic mass is 16.4. The number of aromatic nitrogens is 2. The van der Waals surface area contributed by atoms with Crippen LogP contribution < -0.4 is 0 Å². The number of benzene rings is 8. The maximum atomic E-state index is 11.0. The molecule has 0 aliphatic carbocycles. The standard InChI is InChI=1S/C57H42N4O20/c1-58-32(34-39(64)47(72)54(79)48(73)40(34)65)18-30(59-20-29-37(62)45(70)53(78)46(71)38(29)63)23-10-6-8-21(16-23)25-12-2-4-14-27(25)28-15-5-3-13-26(28)22-9-7-11-24(17-22)31-19-33(35-41(66)49(74)55(80)50(75)42(35)67)61-57(60-31)36-43(68)51(76)56(81)52(77)44(36)69/h2-19,62-81H,1,20H2/b32-18-,59-30?. The van der Waals surface area contributed by atoms with Crippen LogP contribution in [0.1, 0.15) is 16.7 Å². The second-order valence-electron chi connectivity index (χ2n) is 17.7. The zero-order valence-electron chi connectivity index (χ0n) is 41.0. The quantitative estimate of drug-likeness (QED) is 0.0310. The van der Waals surface area contributed by atoms with Crippen molar-refractivity contribution in [1.82, 2.24) is 9.97 Å². The second kappa shape index (κ2) is 20.5. The summed E-state index contributed by atoms with van der Waals surface area (Å²) in [5.41, 5.74) is -0.463. The van der Waals surface area contributed by atoms with Crippen LogP contribution in [0.4, 0.5) is 0 Å². The first-order valence-electron chi connectivity index (χ1n) is 23.3. The summed E-state index contributed by atoms with van der Waals surface area (Å²) in [4.78, 5) is 17.0. The van der Waals surface area contributed by atoms with Gasteiger partial charge in [0, 0.05) is 11.1 Å². The minimum Gasteiger partial charge on any atom is -0.504 e. The highest BCUT2D eigenvalue weighted by molar-refractivity contribution is 6.13. The fraction of sp³-hybridized carbons (Fsp3) is 0.0175. The van der Waals surface area contributed by atoms with Crippen LogP contribution in [0.2, 0.25) is 0 Å². The molecule has 0 aliphatic heterocycles. The zero-order chi connectivity index (χ0) is 58.6. The van der Waals surface area contributed by atoms with Gasteiger partial charge in [0.1, 0.15) is 5.56 Å². The van der Waals surface area contributed by atoms with Crippen LogP contribution >= 0.6 is 0 Å². The van der Waals surface area contributed by atoms with Crippen LogP contribution in [0.5, 0.6) is 115 Å². The Bertz CT molecular complexity index is 3990. The summed E-state index contributed by atoms with van der Waals surface area (Å²) in [6, 6.07) is 28.3. The molecule has 9 aromatic rings. The molecular weight excluding hydrogens is 1060 g/mol. The van der Waals surface area contributed by atoms with Crippen LogP contribution in [-0.2, 0) is 6.54 Å². The molecule has 81 heavy (non-hydrogen) atoms. The molecule has 0 amide bonds. The van der Waals surface area contributed by atoms with Gasteiger partial charge in [-0.3, -0.25) is 9.98 Å². The van der Waals surface area contributed by atoms with Gasteiger partial charge in [0.2, 0.25) is 69.0 Å². The first kappa shape index (κ1) is 53.7. The van der Waals surface area contributed by atoms with Gasteiger partial charge in [-0.1, -0.05) is 84.9 Å². The van der Waals surface area contributed by atoms with Gasteiger partial charge in [0.15, 0.2) is 51.8 Å². The third-order valence-electron chi connectivity index (χ3n) is 13.0. The normalized spacial score (nSPS) is 11.7. The van der Waals surface area contributed by atoms with Crippen molar-refractivity contribution in [3.63, 3.8) is 0 Å². The van der Waals surface area contributed by atoms with Crippen molar-refractivity contribution in [2.24, 2.45) is 9.98 Å². The second-order valence-corrected chi connectivity index (χ2v) is 17.7. The molecule has 9 rings (SSSR count). The fourth-order valence-electron chi connectivity index (χ4n) is 8.81. The summed E-state index contributed by atoms with van der Waals surface area (Å²) in [7, 11) is 0. The van der Waals surface area contributed by atoms with Gasteiger partial charge in [-0.15, -0.1) is 0 Å². The molecule has 8 aromatic carbocycles. The van der Waals surface area contributed by atoms with E-state index in [4.69, 9.17) is 0 Å². The van der Waals surface area contributed by atoms with E-state index < -0.39 is 161 Å². The van der Waals surface area contributed by atoms with Gasteiger partial charge in [-0.25, -0.2) is 9.97 Å². The lowest BCUT2D eigenvalue weighted by molar-refractivity contribution is 0.324. The Kier molecular flexibility index (Phi) is 13.6. The topological polar surface area (TPSA) is 455 Å². The third kappa shape index (κ3) is 9.02. The summed E-state index contributed by atoms with van der Waals surface area (Å²) in [6.07, 6.45) is 1.09. The molecule has 0 atom stereocenters. The van der Waals surface area contributed by atoms with E-state index in [9.17, 15) is 102 Å². The Labute approximate surface area is 453 Å². The van der Waals surface area contributed by atoms with Gasteiger partial charge in [0.25, 0.3) is 0 Å². The molecule has 0 unspecified atom stereocenters. The zero-order valence-corrected chi connectivity index (χ0v) is 41.0. The maximum Gasteiger partial charge on any atom is 0.208 e. The van der Waals surface area contributed by atoms with Crippen molar-refractivity contribution in [1.29, 1.82) is 0 Å². The third-order valence-corrected chi connectivity index (χ3v) is 13.0. The van der Waals surface area contributed by atoms with E-state index in [2.05, 4.69) is 26.7 Å². The average molecular weight is 1100 g/mol. The van der Waals surface area contributed by atoms with E-state index in [-0.39, 0.29) is 22.5 Å². The van der Waals surface area contributed by atoms with Gasteiger partial charge >= 0.3 is 0 Å². The average Bonchev–Trinajstić information content (AvgIpc) is 3.49. The number of hydrogen-bond donors (Lipinski definition) is 20. The molecule has 1 heterocycles. The number of aliphatic imine (C=N–C) groups is 2. The number of aromatic hydroxyl groups is 20. The van der Waals surface area contributed by atoms with Gasteiger partial charge in [-0.05, 0) is 64.4 Å². The summed E-state index contributed by atoms with van der Waals surface area (Å²) < 4.78 is 0. The summed E-state index contributed by atoms with van der Waals surface area (Å²) in [6.45, 7) is 2.71. The van der Waals surface area contributed by atoms with Crippen molar-refractivity contribution in [3.8, 4) is 182 Å². The molecule has 20 N–H and O–H groups in total. The Morgan fingerprint density at radius 2 is 0.753 bits per heavy atom. The number of phenolic OH excluding ortho intramolecular Hbond substituents is 20. The monoisotopic (exact) mass is 1100 g/mol. The molecule has 1 aromatic heterocycles. The lowest BCUT2D eigenvalue weighted by atomic mass is 9.88. The van der Waals surface area contributed by atoms with Crippen LogP contribution in [0.25, 0.3) is 73.0 Å². The Morgan fingerprint density at radius 1 is 0.370 bits per heavy atom. The fourth-order valence-corrected chi connectivity index (χ4v) is 8.81. The SMILES string of the molecule is C=N/C(=C\C(=NCc1c(O)c(O)c(O)c(O)c1O)c1cccc(-c2ccccc2-c2ccccc2-c2cccc(-c3cc(-c4c(O)c(O)c(O)c(O)c4O)nc(-c4c(O)c(O)c(O)c(O)c4O)n3)c2)c1)c1c(O)c(O)c(O)c(O)c1O. The van der Waals surface area contributed by atoms with Crippen LogP contribution in [-0.4, -0.2) is 125 Å². The Balaban J connectivity index is 1.19. The predicted octanol–water partition coefficient (Wildman–Crippen LogP) is 8.32. The smallest absolute Gasteiger partial charge is 0.208 e. The molecule has 24 nitrogen and oxygen atoms in total. The van der Waals surface area contributed by atoms with Crippen LogP contribution in [0.3, 0.4) is 0 Å². The van der Waals surface area contributed by atoms with Crippen molar-refractivity contribution in [3.05, 3.63) is 126 Å². The number of phenols is 20. The largest absolute Gasteiger partial charge is 0.504 e. The lowest BCUT2D eigenvalue weighted by Crippen LogP contribution is -2.01. The van der Waals surface area contributed by atoms with E-state index in [1.807, 2.05) is 0 Å². The highest BCUT2D eigenvalue weighted by Gasteiger charge is 2.31. The molecular formula is C57H42N4O20. The molecule has 0 bridgehead atoms. The molecule has 24 heteroatoms. The maximum absolute atomic E-state index is 11.0. The highest BCUT2D eigenvalue weighted by Crippen LogP contribution is 2.58. The Hall–Kier alpha value is -12.1. The van der Waals surface area contributed by atoms with Crippen LogP contribution in [0, 0.1) is 0 Å². The summed E-state index contributed by atoms with van der Waals surface area (Å²) in [5, 5.41) is 211. The van der Waals surface area contributed by atoms with Crippen molar-refractivity contribution in [2.75, 3.05) is 0 Å². The van der Waals surface area contributed by atoms with Crippen molar-refractivity contribution < 1.29 is 102 Å². The molecule has 0 aliphatic rings. The lowest BCUT2D eigenvalue weighted by Gasteiger charge is -2.17. The molecule has 0 saturated carbocycles. The van der Waals surface area contributed by atoms with E-state index in [1.54, 1.807) is 91.0 Å². The summed E-state index contributed by atoms with van der Waals surface area (Å²) >= 11 is 0. The molecule has 0 spiro atoms. The van der Waals surface area contributed by atoms with E-state index in [0.29, 0.717) is 33.4 Å².